The van der Waals surface area contributed by atoms with Gasteiger partial charge in [-0.3, -0.25) is 19.7 Å². The lowest BCUT2D eigenvalue weighted by Gasteiger charge is -2.12. The molecule has 0 fully saturated rings. The first-order chi connectivity index (χ1) is 8.18. The Morgan fingerprint density at radius 3 is 2.28 bits per heavy atom. The fourth-order valence-electron chi connectivity index (χ4n) is 1.32. The van der Waals surface area contributed by atoms with Gasteiger partial charge in [-0.1, -0.05) is 0 Å². The van der Waals surface area contributed by atoms with Crippen molar-refractivity contribution in [1.29, 1.82) is 0 Å². The van der Waals surface area contributed by atoms with Crippen molar-refractivity contribution in [3.63, 3.8) is 0 Å². The predicted molar refractivity (Wildman–Crippen MR) is 53.7 cm³/mol. The molecule has 0 N–H and O–H groups in total. The van der Waals surface area contributed by atoms with Crippen LogP contribution in [0, 0.1) is 10.1 Å². The second-order valence-corrected chi connectivity index (χ2v) is 3.45. The number of carbonyl (C=O) groups is 2. The monoisotopic (exact) mass is 281 g/mol. The molecule has 1 aromatic carbocycles. The smallest absolute Gasteiger partial charge is 0.298 e. The standard InChI is InChI=1S/C9H3ClF3NO4/c10-8(16)6-2-5(14(17)18)1-4(3-15)7(6)9(11,12)13/h1-3H. The topological polar surface area (TPSA) is 77.3 Å². The van der Waals surface area contributed by atoms with Crippen molar-refractivity contribution in [2.24, 2.45) is 0 Å². The first kappa shape index (κ1) is 14.1. The first-order valence-corrected chi connectivity index (χ1v) is 4.61. The van der Waals surface area contributed by atoms with Crippen LogP contribution in [0.3, 0.4) is 0 Å². The molecule has 0 radical (unpaired) electrons. The third-order valence-corrected chi connectivity index (χ3v) is 2.19. The lowest BCUT2D eigenvalue weighted by molar-refractivity contribution is -0.384. The van der Waals surface area contributed by atoms with Gasteiger partial charge in [0.1, 0.15) is 0 Å². The van der Waals surface area contributed by atoms with Gasteiger partial charge in [0.2, 0.25) is 0 Å². The Bertz CT molecular complexity index is 541. The molecule has 5 nitrogen and oxygen atoms in total. The maximum atomic E-state index is 12.6. The Morgan fingerprint density at radius 2 is 1.94 bits per heavy atom. The van der Waals surface area contributed by atoms with Crippen LogP contribution in [0.25, 0.3) is 0 Å². The van der Waals surface area contributed by atoms with Crippen LogP contribution in [0.4, 0.5) is 18.9 Å². The summed E-state index contributed by atoms with van der Waals surface area (Å²) in [5.74, 6) is 0. The summed E-state index contributed by atoms with van der Waals surface area (Å²) in [5, 5.41) is 8.93. The van der Waals surface area contributed by atoms with Crippen molar-refractivity contribution < 1.29 is 27.7 Å². The van der Waals surface area contributed by atoms with Gasteiger partial charge in [0, 0.05) is 17.7 Å². The number of aldehydes is 1. The summed E-state index contributed by atoms with van der Waals surface area (Å²) >= 11 is 4.94. The minimum Gasteiger partial charge on any atom is -0.298 e. The van der Waals surface area contributed by atoms with Gasteiger partial charge < -0.3 is 0 Å². The van der Waals surface area contributed by atoms with Crippen LogP contribution in [0.5, 0.6) is 0 Å². The number of benzene rings is 1. The lowest BCUT2D eigenvalue weighted by Crippen LogP contribution is -2.15. The van der Waals surface area contributed by atoms with Crippen LogP contribution in [0.1, 0.15) is 26.3 Å². The molecule has 0 spiro atoms. The number of hydrogen-bond acceptors (Lipinski definition) is 4. The van der Waals surface area contributed by atoms with E-state index in [1.807, 2.05) is 0 Å². The molecule has 0 aliphatic rings. The Hall–Kier alpha value is -1.96. The molecule has 9 heteroatoms. The SMILES string of the molecule is O=Cc1cc([N+](=O)[O-])cc(C(=O)Cl)c1C(F)(F)F. The van der Waals surface area contributed by atoms with Gasteiger partial charge in [0.05, 0.1) is 16.1 Å². The molecule has 0 atom stereocenters. The highest BCUT2D eigenvalue weighted by molar-refractivity contribution is 6.68. The van der Waals surface area contributed by atoms with Crippen molar-refractivity contribution in [2.75, 3.05) is 0 Å². The highest BCUT2D eigenvalue weighted by Gasteiger charge is 2.39. The minimum absolute atomic E-state index is 0.223. The summed E-state index contributed by atoms with van der Waals surface area (Å²) in [6.45, 7) is 0. The van der Waals surface area contributed by atoms with Crippen molar-refractivity contribution in [3.05, 3.63) is 38.9 Å². The van der Waals surface area contributed by atoms with Crippen molar-refractivity contribution in [3.8, 4) is 0 Å². The molecule has 0 unspecified atom stereocenters. The number of nitrogens with zero attached hydrogens (tertiary/aromatic N) is 1. The minimum atomic E-state index is -5.02. The molecule has 1 rings (SSSR count). The summed E-state index contributed by atoms with van der Waals surface area (Å²) in [7, 11) is 0. The van der Waals surface area contributed by atoms with Gasteiger partial charge in [-0.25, -0.2) is 0 Å². The zero-order valence-electron chi connectivity index (χ0n) is 8.32. The molecule has 0 aliphatic carbocycles. The number of non-ortho nitro benzene ring substituents is 1. The number of alkyl halides is 3. The van der Waals surface area contributed by atoms with Crippen molar-refractivity contribution in [1.82, 2.24) is 0 Å². The Kier molecular flexibility index (Phi) is 3.70. The number of rotatable bonds is 3. The molecule has 18 heavy (non-hydrogen) atoms. The Morgan fingerprint density at radius 1 is 1.39 bits per heavy atom. The number of hydrogen-bond donors (Lipinski definition) is 0. The number of nitro benzene ring substituents is 1. The van der Waals surface area contributed by atoms with E-state index >= 15 is 0 Å². The quantitative estimate of drug-likeness (QED) is 0.369. The average Bonchev–Trinajstić information content (AvgIpc) is 2.25. The summed E-state index contributed by atoms with van der Waals surface area (Å²) in [6.07, 6.45) is -5.25. The number of halogens is 4. The van der Waals surface area contributed by atoms with Crippen LogP contribution in [-0.2, 0) is 6.18 Å². The largest absolute Gasteiger partial charge is 0.417 e. The van der Waals surface area contributed by atoms with E-state index in [4.69, 9.17) is 11.6 Å². The Labute approximate surface area is 102 Å². The van der Waals surface area contributed by atoms with Crippen LogP contribution in [-0.4, -0.2) is 16.5 Å². The molecular formula is C9H3ClF3NO4. The average molecular weight is 282 g/mol. The van der Waals surface area contributed by atoms with E-state index in [2.05, 4.69) is 0 Å². The van der Waals surface area contributed by atoms with Crippen LogP contribution in [0.2, 0.25) is 0 Å². The number of carbonyl (C=O) groups excluding carboxylic acids is 2. The van der Waals surface area contributed by atoms with Crippen LogP contribution >= 0.6 is 11.6 Å². The normalized spacial score (nSPS) is 11.1. The molecule has 96 valence electrons. The summed E-state index contributed by atoms with van der Waals surface area (Å²) in [5.41, 5.74) is -4.54. The number of nitro groups is 1. The summed E-state index contributed by atoms with van der Waals surface area (Å²) in [6, 6.07) is 0.810. The molecule has 0 saturated heterocycles. The molecule has 0 amide bonds. The van der Waals surface area contributed by atoms with Gasteiger partial charge in [-0.15, -0.1) is 0 Å². The second-order valence-electron chi connectivity index (χ2n) is 3.10. The molecule has 0 bridgehead atoms. The van der Waals surface area contributed by atoms with Gasteiger partial charge in [0.25, 0.3) is 10.9 Å². The van der Waals surface area contributed by atoms with E-state index in [0.29, 0.717) is 12.1 Å². The third-order valence-electron chi connectivity index (χ3n) is 1.99. The summed E-state index contributed by atoms with van der Waals surface area (Å²) < 4.78 is 37.9. The fraction of sp³-hybridized carbons (Fsp3) is 0.111. The lowest BCUT2D eigenvalue weighted by atomic mass is 10.0. The first-order valence-electron chi connectivity index (χ1n) is 4.23. The zero-order chi connectivity index (χ0) is 14.1. The summed E-state index contributed by atoms with van der Waals surface area (Å²) in [4.78, 5) is 30.9. The third kappa shape index (κ3) is 2.65. The van der Waals surface area contributed by atoms with Crippen molar-refractivity contribution >= 4 is 28.8 Å². The van der Waals surface area contributed by atoms with Gasteiger partial charge >= 0.3 is 6.18 Å². The van der Waals surface area contributed by atoms with E-state index in [1.54, 1.807) is 0 Å². The maximum absolute atomic E-state index is 12.6. The van der Waals surface area contributed by atoms with E-state index in [-0.39, 0.29) is 6.29 Å². The van der Waals surface area contributed by atoms with Gasteiger partial charge in [-0.2, -0.15) is 13.2 Å². The zero-order valence-corrected chi connectivity index (χ0v) is 9.08. The Balaban J connectivity index is 3.73. The fourth-order valence-corrected chi connectivity index (χ4v) is 1.47. The molecule has 0 heterocycles. The second kappa shape index (κ2) is 4.73. The molecule has 1 aromatic rings. The van der Waals surface area contributed by atoms with E-state index in [0.717, 1.165) is 0 Å². The molecule has 0 aromatic heterocycles. The highest BCUT2D eigenvalue weighted by Crippen LogP contribution is 2.37. The maximum Gasteiger partial charge on any atom is 0.417 e. The van der Waals surface area contributed by atoms with E-state index < -0.39 is 38.7 Å². The predicted octanol–water partition coefficient (Wildman–Crippen LogP) is 2.81. The highest BCUT2D eigenvalue weighted by atomic mass is 35.5. The van der Waals surface area contributed by atoms with E-state index in [1.165, 1.54) is 0 Å². The molecule has 0 aliphatic heterocycles. The van der Waals surface area contributed by atoms with Gasteiger partial charge in [0.15, 0.2) is 6.29 Å². The van der Waals surface area contributed by atoms with Crippen LogP contribution < -0.4 is 0 Å². The molecule has 0 saturated carbocycles. The molecular weight excluding hydrogens is 279 g/mol. The van der Waals surface area contributed by atoms with Gasteiger partial charge in [-0.05, 0) is 11.6 Å². The van der Waals surface area contributed by atoms with Crippen LogP contribution in [0.15, 0.2) is 12.1 Å². The van der Waals surface area contributed by atoms with E-state index in [9.17, 15) is 32.9 Å². The van der Waals surface area contributed by atoms with Crippen molar-refractivity contribution in [2.45, 2.75) is 6.18 Å².